The van der Waals surface area contributed by atoms with Crippen LogP contribution in [-0.4, -0.2) is 17.1 Å². The molecule has 1 heterocycles. The maximum Gasteiger partial charge on any atom is 0.325 e. The molecule has 0 saturated carbocycles. The van der Waals surface area contributed by atoms with Crippen molar-refractivity contribution < 1.29 is 9.47 Å². The standard InChI is InChI=1S/C15H16N2O2/c1-18-14-9-10-16-15(17-14)19-13-8-4-6-11-5-2-3-7-12(11)13/h4,6,8-10H,2-3,5,7H2,1H3. The number of methoxy groups -OCH3 is 1. The van der Waals surface area contributed by atoms with Gasteiger partial charge in [-0.1, -0.05) is 12.1 Å². The second kappa shape index (κ2) is 5.26. The highest BCUT2D eigenvalue weighted by Crippen LogP contribution is 2.31. The predicted octanol–water partition coefficient (Wildman–Crippen LogP) is 3.16. The Morgan fingerprint density at radius 3 is 2.89 bits per heavy atom. The zero-order valence-electron chi connectivity index (χ0n) is 10.9. The second-order valence-electron chi connectivity index (χ2n) is 4.58. The van der Waals surface area contributed by atoms with Crippen molar-refractivity contribution in [2.75, 3.05) is 7.11 Å². The van der Waals surface area contributed by atoms with E-state index in [1.54, 1.807) is 19.4 Å². The number of aryl methyl sites for hydroxylation is 1. The molecular weight excluding hydrogens is 240 g/mol. The van der Waals surface area contributed by atoms with Crippen molar-refractivity contribution in [3.05, 3.63) is 41.6 Å². The maximum atomic E-state index is 5.82. The van der Waals surface area contributed by atoms with Crippen LogP contribution >= 0.6 is 0 Å². The van der Waals surface area contributed by atoms with E-state index in [0.29, 0.717) is 11.9 Å². The topological polar surface area (TPSA) is 44.2 Å². The molecular formula is C15H16N2O2. The van der Waals surface area contributed by atoms with Gasteiger partial charge in [0.2, 0.25) is 5.88 Å². The molecule has 4 heteroatoms. The SMILES string of the molecule is COc1ccnc(Oc2cccc3c2CCCC3)n1. The zero-order valence-corrected chi connectivity index (χ0v) is 10.9. The summed E-state index contributed by atoms with van der Waals surface area (Å²) in [7, 11) is 1.58. The Kier molecular flexibility index (Phi) is 3.31. The highest BCUT2D eigenvalue weighted by molar-refractivity contribution is 5.42. The Bertz CT molecular complexity index is 584. The van der Waals surface area contributed by atoms with E-state index in [1.165, 1.54) is 24.0 Å². The number of benzene rings is 1. The third-order valence-electron chi connectivity index (χ3n) is 3.37. The van der Waals surface area contributed by atoms with Crippen molar-refractivity contribution in [3.63, 3.8) is 0 Å². The van der Waals surface area contributed by atoms with Gasteiger partial charge in [-0.05, 0) is 42.9 Å². The summed E-state index contributed by atoms with van der Waals surface area (Å²) in [4.78, 5) is 8.30. The number of hydrogen-bond acceptors (Lipinski definition) is 4. The van der Waals surface area contributed by atoms with Crippen molar-refractivity contribution in [3.8, 4) is 17.6 Å². The first-order valence-electron chi connectivity index (χ1n) is 6.52. The fraction of sp³-hybridized carbons (Fsp3) is 0.333. The first-order valence-corrected chi connectivity index (χ1v) is 6.52. The predicted molar refractivity (Wildman–Crippen MR) is 71.7 cm³/mol. The summed E-state index contributed by atoms with van der Waals surface area (Å²) in [5.41, 5.74) is 2.67. The van der Waals surface area contributed by atoms with Crippen LogP contribution in [-0.2, 0) is 12.8 Å². The molecule has 4 nitrogen and oxygen atoms in total. The normalized spacial score (nSPS) is 13.7. The van der Waals surface area contributed by atoms with E-state index in [-0.39, 0.29) is 0 Å². The summed E-state index contributed by atoms with van der Waals surface area (Å²) in [5.74, 6) is 1.38. The Morgan fingerprint density at radius 2 is 2.00 bits per heavy atom. The van der Waals surface area contributed by atoms with Gasteiger partial charge in [0.1, 0.15) is 5.75 Å². The summed E-state index contributed by atoms with van der Waals surface area (Å²) in [5, 5.41) is 0. The molecule has 0 radical (unpaired) electrons. The number of fused-ring (bicyclic) bond motifs is 1. The molecule has 0 spiro atoms. The van der Waals surface area contributed by atoms with Crippen LogP contribution in [0, 0.1) is 0 Å². The summed E-state index contributed by atoms with van der Waals surface area (Å²) < 4.78 is 10.9. The summed E-state index contributed by atoms with van der Waals surface area (Å²) in [6.45, 7) is 0. The minimum Gasteiger partial charge on any atom is -0.481 e. The Balaban J connectivity index is 1.90. The van der Waals surface area contributed by atoms with Crippen molar-refractivity contribution in [2.24, 2.45) is 0 Å². The molecule has 0 bridgehead atoms. The minimum atomic E-state index is 0.332. The van der Waals surface area contributed by atoms with E-state index in [9.17, 15) is 0 Å². The minimum absolute atomic E-state index is 0.332. The zero-order chi connectivity index (χ0) is 13.1. The van der Waals surface area contributed by atoms with Crippen molar-refractivity contribution >= 4 is 0 Å². The lowest BCUT2D eigenvalue weighted by molar-refractivity contribution is 0.374. The lowest BCUT2D eigenvalue weighted by Crippen LogP contribution is -2.05. The molecule has 0 aliphatic heterocycles. The Morgan fingerprint density at radius 1 is 1.11 bits per heavy atom. The van der Waals surface area contributed by atoms with Gasteiger partial charge in [-0.15, -0.1) is 0 Å². The monoisotopic (exact) mass is 256 g/mol. The number of hydrogen-bond donors (Lipinski definition) is 0. The van der Waals surface area contributed by atoms with Crippen LogP contribution in [0.5, 0.6) is 17.6 Å². The fourth-order valence-electron chi connectivity index (χ4n) is 2.43. The molecule has 2 aromatic rings. The molecule has 19 heavy (non-hydrogen) atoms. The number of ether oxygens (including phenoxy) is 2. The molecule has 0 amide bonds. The first kappa shape index (κ1) is 12.0. The molecule has 98 valence electrons. The van der Waals surface area contributed by atoms with Crippen LogP contribution in [0.4, 0.5) is 0 Å². The van der Waals surface area contributed by atoms with Gasteiger partial charge in [-0.3, -0.25) is 0 Å². The van der Waals surface area contributed by atoms with Gasteiger partial charge in [0.25, 0.3) is 0 Å². The maximum absolute atomic E-state index is 5.82. The van der Waals surface area contributed by atoms with E-state index in [1.807, 2.05) is 12.1 Å². The van der Waals surface area contributed by atoms with Gasteiger partial charge in [0.15, 0.2) is 0 Å². The summed E-state index contributed by atoms with van der Waals surface area (Å²) >= 11 is 0. The van der Waals surface area contributed by atoms with Gasteiger partial charge in [-0.25, -0.2) is 4.98 Å². The number of nitrogens with zero attached hydrogens (tertiary/aromatic N) is 2. The highest BCUT2D eigenvalue weighted by Gasteiger charge is 2.15. The fourth-order valence-corrected chi connectivity index (χ4v) is 2.43. The second-order valence-corrected chi connectivity index (χ2v) is 4.58. The van der Waals surface area contributed by atoms with Gasteiger partial charge < -0.3 is 9.47 Å². The van der Waals surface area contributed by atoms with Crippen LogP contribution in [0.1, 0.15) is 24.0 Å². The quantitative estimate of drug-likeness (QED) is 0.846. The van der Waals surface area contributed by atoms with Gasteiger partial charge in [0, 0.05) is 12.3 Å². The average Bonchev–Trinajstić information content (AvgIpc) is 2.48. The highest BCUT2D eigenvalue weighted by atomic mass is 16.5. The van der Waals surface area contributed by atoms with Crippen LogP contribution in [0.25, 0.3) is 0 Å². The van der Waals surface area contributed by atoms with Crippen LogP contribution in [0.15, 0.2) is 30.5 Å². The molecule has 0 atom stereocenters. The van der Waals surface area contributed by atoms with E-state index in [2.05, 4.69) is 16.0 Å². The van der Waals surface area contributed by atoms with Gasteiger partial charge in [0.05, 0.1) is 7.11 Å². The van der Waals surface area contributed by atoms with Gasteiger partial charge >= 0.3 is 6.01 Å². The molecule has 1 aromatic carbocycles. The van der Waals surface area contributed by atoms with Crippen LogP contribution < -0.4 is 9.47 Å². The molecule has 1 aliphatic rings. The third kappa shape index (κ3) is 2.52. The molecule has 1 aliphatic carbocycles. The lowest BCUT2D eigenvalue weighted by atomic mass is 9.91. The molecule has 0 saturated heterocycles. The van der Waals surface area contributed by atoms with Crippen molar-refractivity contribution in [2.45, 2.75) is 25.7 Å². The van der Waals surface area contributed by atoms with E-state index < -0.39 is 0 Å². The first-order chi connectivity index (χ1) is 9.36. The molecule has 3 rings (SSSR count). The molecule has 1 aromatic heterocycles. The third-order valence-corrected chi connectivity index (χ3v) is 3.37. The summed E-state index contributed by atoms with van der Waals surface area (Å²) in [6.07, 6.45) is 6.30. The average molecular weight is 256 g/mol. The Hall–Kier alpha value is -2.10. The molecule has 0 unspecified atom stereocenters. The largest absolute Gasteiger partial charge is 0.481 e. The number of rotatable bonds is 3. The Labute approximate surface area is 112 Å². The lowest BCUT2D eigenvalue weighted by Gasteiger charge is -2.18. The molecule has 0 fully saturated rings. The van der Waals surface area contributed by atoms with E-state index in [4.69, 9.17) is 9.47 Å². The smallest absolute Gasteiger partial charge is 0.325 e. The van der Waals surface area contributed by atoms with Crippen molar-refractivity contribution in [1.82, 2.24) is 9.97 Å². The van der Waals surface area contributed by atoms with Crippen LogP contribution in [0.3, 0.4) is 0 Å². The van der Waals surface area contributed by atoms with Crippen molar-refractivity contribution in [1.29, 1.82) is 0 Å². The number of aromatic nitrogens is 2. The van der Waals surface area contributed by atoms with E-state index >= 15 is 0 Å². The van der Waals surface area contributed by atoms with E-state index in [0.717, 1.165) is 18.6 Å². The summed E-state index contributed by atoms with van der Waals surface area (Å²) in [6, 6.07) is 8.21. The van der Waals surface area contributed by atoms with Crippen LogP contribution in [0.2, 0.25) is 0 Å². The van der Waals surface area contributed by atoms with Gasteiger partial charge in [-0.2, -0.15) is 4.98 Å². The molecule has 0 N–H and O–H groups in total.